The van der Waals surface area contributed by atoms with Gasteiger partial charge in [-0.05, 0) is 108 Å². The van der Waals surface area contributed by atoms with Crippen LogP contribution >= 0.6 is 0 Å². The van der Waals surface area contributed by atoms with Gasteiger partial charge in [-0.15, -0.1) is 0 Å². The van der Waals surface area contributed by atoms with Crippen molar-refractivity contribution in [1.82, 2.24) is 20.6 Å². The number of aromatic nitrogens is 2. The van der Waals surface area contributed by atoms with E-state index in [1.54, 1.807) is 0 Å². The number of carboxylic acid groups (broad SMARTS) is 1. The maximum absolute atomic E-state index is 13.5. The van der Waals surface area contributed by atoms with E-state index >= 15 is 0 Å². The number of aryl methyl sites for hydroxylation is 2. The van der Waals surface area contributed by atoms with Gasteiger partial charge in [-0.3, -0.25) is 0 Å². The average molecular weight is 724 g/mol. The Morgan fingerprint density at radius 2 is 1.53 bits per heavy atom. The lowest BCUT2D eigenvalue weighted by Crippen LogP contribution is -2.48. The molecule has 51 heavy (non-hydrogen) atoms. The summed E-state index contributed by atoms with van der Waals surface area (Å²) in [6.45, 7) is 18.1. The van der Waals surface area contributed by atoms with Gasteiger partial charge in [0.1, 0.15) is 12.2 Å². The molecule has 0 unspecified atom stereocenters. The van der Waals surface area contributed by atoms with Gasteiger partial charge in [0.05, 0.1) is 16.2 Å². The van der Waals surface area contributed by atoms with Gasteiger partial charge >= 0.3 is 12.1 Å². The number of ether oxygens (including phenoxy) is 2. The summed E-state index contributed by atoms with van der Waals surface area (Å²) in [5.41, 5.74) is 3.21. The first-order chi connectivity index (χ1) is 23.7. The number of nitrogens with zero attached hydrogens (tertiary/aromatic N) is 2. The van der Waals surface area contributed by atoms with Crippen molar-refractivity contribution in [2.24, 2.45) is 5.41 Å². The van der Waals surface area contributed by atoms with Crippen LogP contribution in [0.15, 0.2) is 47.4 Å². The summed E-state index contributed by atoms with van der Waals surface area (Å²) in [7, 11) is -4.25. The van der Waals surface area contributed by atoms with E-state index in [1.807, 2.05) is 59.7 Å². The summed E-state index contributed by atoms with van der Waals surface area (Å²) in [4.78, 5) is 32.8. The van der Waals surface area contributed by atoms with Crippen molar-refractivity contribution in [2.75, 3.05) is 11.3 Å². The van der Waals surface area contributed by atoms with E-state index in [0.29, 0.717) is 11.3 Å². The Kier molecular flexibility index (Phi) is 12.4. The highest BCUT2D eigenvalue weighted by molar-refractivity contribution is 7.92. The third-order valence-electron chi connectivity index (χ3n) is 8.64. The number of alkyl carbamates (subject to hydrolysis) is 1. The van der Waals surface area contributed by atoms with Crippen LogP contribution in [0.4, 0.5) is 10.7 Å². The summed E-state index contributed by atoms with van der Waals surface area (Å²) < 4.78 is 41.3. The summed E-state index contributed by atoms with van der Waals surface area (Å²) in [5, 5.41) is 16.2. The summed E-state index contributed by atoms with van der Waals surface area (Å²) in [5.74, 6) is -1.19. The number of carboxylic acids is 1. The van der Waals surface area contributed by atoms with Gasteiger partial charge in [0.25, 0.3) is 10.0 Å². The zero-order chi connectivity index (χ0) is 37.7. The molecule has 4 rings (SSSR count). The highest BCUT2D eigenvalue weighted by Gasteiger charge is 2.29. The van der Waals surface area contributed by atoms with E-state index < -0.39 is 27.7 Å². The molecule has 1 aliphatic carbocycles. The minimum Gasteiger partial charge on any atom is -0.478 e. The number of sulfonamides is 1. The first-order valence-corrected chi connectivity index (χ1v) is 18.9. The topological polar surface area (TPSA) is 169 Å². The molecule has 0 saturated heterocycles. The van der Waals surface area contributed by atoms with Crippen molar-refractivity contribution < 1.29 is 32.6 Å². The molecule has 0 bridgehead atoms. The van der Waals surface area contributed by atoms with E-state index in [4.69, 9.17) is 9.47 Å². The Balaban J connectivity index is 1.59. The fraction of sp³-hybridized carbons (Fsp3) is 0.526. The Morgan fingerprint density at radius 3 is 2.12 bits per heavy atom. The maximum Gasteiger partial charge on any atom is 0.407 e. The van der Waals surface area contributed by atoms with Gasteiger partial charge in [-0.1, -0.05) is 45.0 Å². The van der Waals surface area contributed by atoms with Crippen LogP contribution in [-0.4, -0.2) is 65.9 Å². The fourth-order valence-electron chi connectivity index (χ4n) is 6.39. The number of anilines is 1. The molecule has 12 nitrogen and oxygen atoms in total. The van der Waals surface area contributed by atoms with E-state index in [9.17, 15) is 23.1 Å². The molecule has 1 fully saturated rings. The maximum atomic E-state index is 13.5. The number of amides is 1. The molecule has 4 N–H and O–H groups in total. The Morgan fingerprint density at radius 1 is 0.922 bits per heavy atom. The SMILES string of the molecule is Cc1cccc(C)c1-c1nc(NS(=O)(=O)c2cccc(C(=O)O)c2)nc(OC[C@@H](CC(C)(C)C)NC2CCC(NC(=O)OC(C)(C)C)CC2)c1C. The summed E-state index contributed by atoms with van der Waals surface area (Å²) in [6, 6.07) is 11.2. The molecule has 1 aromatic heterocycles. The molecule has 0 radical (unpaired) electrons. The van der Waals surface area contributed by atoms with Crippen molar-refractivity contribution in [1.29, 1.82) is 0 Å². The van der Waals surface area contributed by atoms with Crippen molar-refractivity contribution in [2.45, 2.75) is 123 Å². The average Bonchev–Trinajstić information content (AvgIpc) is 3.00. The van der Waals surface area contributed by atoms with E-state index in [2.05, 4.69) is 46.1 Å². The zero-order valence-electron chi connectivity index (χ0n) is 31.2. The molecule has 1 heterocycles. The van der Waals surface area contributed by atoms with Crippen LogP contribution in [0.25, 0.3) is 11.3 Å². The molecule has 1 aliphatic rings. The lowest BCUT2D eigenvalue weighted by Gasteiger charge is -2.35. The van der Waals surface area contributed by atoms with Crippen LogP contribution in [0.2, 0.25) is 0 Å². The number of nitrogens with one attached hydrogen (secondary N) is 3. The molecule has 0 aliphatic heterocycles. The minimum absolute atomic E-state index is 0.0219. The molecule has 0 spiro atoms. The van der Waals surface area contributed by atoms with Crippen molar-refractivity contribution in [3.8, 4) is 17.1 Å². The number of rotatable bonds is 12. The molecule has 3 aromatic rings. The van der Waals surface area contributed by atoms with Gasteiger partial charge in [-0.2, -0.15) is 4.98 Å². The van der Waals surface area contributed by atoms with Crippen LogP contribution in [-0.2, 0) is 14.8 Å². The molecule has 1 amide bonds. The largest absolute Gasteiger partial charge is 0.478 e. The second kappa shape index (κ2) is 16.0. The number of benzene rings is 2. The summed E-state index contributed by atoms with van der Waals surface area (Å²) >= 11 is 0. The number of aromatic carboxylic acids is 1. The zero-order valence-corrected chi connectivity index (χ0v) is 32.0. The third kappa shape index (κ3) is 11.4. The molecular formula is C38H53N5O7S. The molecule has 2 aromatic carbocycles. The van der Waals surface area contributed by atoms with E-state index in [-0.39, 0.29) is 52.4 Å². The highest BCUT2D eigenvalue weighted by atomic mass is 32.2. The van der Waals surface area contributed by atoms with Crippen molar-refractivity contribution >= 4 is 28.0 Å². The Hall–Kier alpha value is -4.23. The number of hydrogen-bond acceptors (Lipinski definition) is 9. The van der Waals surface area contributed by atoms with Crippen molar-refractivity contribution in [3.05, 3.63) is 64.7 Å². The number of hydrogen-bond donors (Lipinski definition) is 4. The first kappa shape index (κ1) is 39.6. The third-order valence-corrected chi connectivity index (χ3v) is 9.96. The molecule has 1 atom stereocenters. The normalized spacial score (nSPS) is 17.4. The van der Waals surface area contributed by atoms with Gasteiger partial charge in [0, 0.05) is 29.3 Å². The quantitative estimate of drug-likeness (QED) is 0.150. The standard InChI is InChI=1S/C38H53N5O7S/c1-23-12-10-13-24(2)31(23)32-25(3)33(42-35(41-32)43-51(47,48)30-15-11-14-26(20-30)34(44)45)49-22-29(21-37(4,5)6)39-27-16-18-28(19-17-27)40-36(46)50-38(7,8)9/h10-15,20,27-29,39H,16-19,21-22H2,1-9H3,(H,40,46)(H,44,45)(H,41,42,43)/t27?,28?,29-/m1/s1. The second-order valence-corrected chi connectivity index (χ2v) is 17.3. The Labute approximate surface area is 302 Å². The number of carbonyl (C=O) groups is 2. The lowest BCUT2D eigenvalue weighted by atomic mass is 9.86. The highest BCUT2D eigenvalue weighted by Crippen LogP contribution is 2.34. The van der Waals surface area contributed by atoms with Crippen LogP contribution < -0.4 is 20.1 Å². The van der Waals surface area contributed by atoms with Gasteiger partial charge < -0.3 is 25.2 Å². The summed E-state index contributed by atoms with van der Waals surface area (Å²) in [6.07, 6.45) is 3.80. The van der Waals surface area contributed by atoms with Crippen molar-refractivity contribution in [3.63, 3.8) is 0 Å². The Bertz CT molecular complexity index is 1800. The van der Waals surface area contributed by atoms with Gasteiger partial charge in [0.2, 0.25) is 11.8 Å². The predicted molar refractivity (Wildman–Crippen MR) is 198 cm³/mol. The van der Waals surface area contributed by atoms with Gasteiger partial charge in [0.15, 0.2) is 0 Å². The molecule has 278 valence electrons. The predicted octanol–water partition coefficient (Wildman–Crippen LogP) is 7.18. The van der Waals surface area contributed by atoms with Gasteiger partial charge in [-0.25, -0.2) is 27.7 Å². The molecule has 1 saturated carbocycles. The van der Waals surface area contributed by atoms with E-state index in [1.165, 1.54) is 18.2 Å². The van der Waals surface area contributed by atoms with Crippen LogP contribution in [0, 0.1) is 26.2 Å². The lowest BCUT2D eigenvalue weighted by molar-refractivity contribution is 0.0487. The van der Waals surface area contributed by atoms with Crippen LogP contribution in [0.1, 0.15) is 101 Å². The molecule has 13 heteroatoms. The monoisotopic (exact) mass is 723 g/mol. The molecular weight excluding hydrogens is 671 g/mol. The number of carbonyl (C=O) groups excluding carboxylic acids is 1. The first-order valence-electron chi connectivity index (χ1n) is 17.4. The fourth-order valence-corrected chi connectivity index (χ4v) is 7.38. The van der Waals surface area contributed by atoms with E-state index in [0.717, 1.165) is 54.9 Å². The smallest absolute Gasteiger partial charge is 0.407 e. The second-order valence-electron chi connectivity index (χ2n) is 15.7. The minimum atomic E-state index is -4.25. The van der Waals surface area contributed by atoms with Crippen LogP contribution in [0.3, 0.4) is 0 Å². The van der Waals surface area contributed by atoms with Crippen LogP contribution in [0.5, 0.6) is 5.88 Å².